The van der Waals surface area contributed by atoms with Crippen molar-refractivity contribution in [3.05, 3.63) is 46.0 Å². The van der Waals surface area contributed by atoms with Crippen molar-refractivity contribution in [2.24, 2.45) is 0 Å². The van der Waals surface area contributed by atoms with E-state index in [-0.39, 0.29) is 4.92 Å². The molecule has 2 rings (SSSR count). The molecule has 3 nitrogen and oxygen atoms in total. The second-order valence-electron chi connectivity index (χ2n) is 3.51. The Kier molecular flexibility index (Phi) is 1.79. The molecule has 1 aliphatic carbocycles. The van der Waals surface area contributed by atoms with E-state index in [9.17, 15) is 10.1 Å². The third-order valence-electron chi connectivity index (χ3n) is 2.84. The highest BCUT2D eigenvalue weighted by Crippen LogP contribution is 2.43. The predicted molar refractivity (Wildman–Crippen MR) is 49.0 cm³/mol. The van der Waals surface area contributed by atoms with Crippen molar-refractivity contribution in [3.63, 3.8) is 0 Å². The van der Waals surface area contributed by atoms with Gasteiger partial charge in [0.2, 0.25) is 5.54 Å². The van der Waals surface area contributed by atoms with Crippen LogP contribution in [0.15, 0.2) is 30.3 Å². The van der Waals surface area contributed by atoms with Crippen LogP contribution in [0.3, 0.4) is 0 Å². The van der Waals surface area contributed by atoms with Gasteiger partial charge in [-0.3, -0.25) is 10.1 Å². The average Bonchev–Trinajstić information content (AvgIpc) is 2.03. The topological polar surface area (TPSA) is 43.1 Å². The van der Waals surface area contributed by atoms with Gasteiger partial charge >= 0.3 is 0 Å². The zero-order chi connectivity index (χ0) is 9.31. The van der Waals surface area contributed by atoms with Crippen LogP contribution in [0, 0.1) is 10.1 Å². The molecule has 1 aromatic carbocycles. The molecule has 0 N–H and O–H groups in total. The third-order valence-corrected chi connectivity index (χ3v) is 2.84. The first kappa shape index (κ1) is 8.23. The normalized spacial score (nSPS) is 19.1. The minimum atomic E-state index is -0.763. The number of hydrogen-bond acceptors (Lipinski definition) is 2. The fourth-order valence-electron chi connectivity index (χ4n) is 1.84. The monoisotopic (exact) mass is 177 g/mol. The van der Waals surface area contributed by atoms with Gasteiger partial charge in [-0.15, -0.1) is 0 Å². The van der Waals surface area contributed by atoms with Gasteiger partial charge in [-0.05, 0) is 6.42 Å². The summed E-state index contributed by atoms with van der Waals surface area (Å²) in [4.78, 5) is 10.8. The van der Waals surface area contributed by atoms with Gasteiger partial charge in [0.1, 0.15) is 0 Å². The van der Waals surface area contributed by atoms with Crippen molar-refractivity contribution >= 4 is 0 Å². The van der Waals surface area contributed by atoms with Gasteiger partial charge in [-0.2, -0.15) is 0 Å². The molecule has 0 amide bonds. The van der Waals surface area contributed by atoms with Crippen LogP contribution in [-0.2, 0) is 5.54 Å². The first-order valence-corrected chi connectivity index (χ1v) is 4.46. The molecule has 0 unspecified atom stereocenters. The van der Waals surface area contributed by atoms with Gasteiger partial charge in [-0.25, -0.2) is 0 Å². The maximum absolute atomic E-state index is 10.9. The molecule has 1 saturated carbocycles. The molecule has 0 saturated heterocycles. The molecule has 0 atom stereocenters. The molecule has 1 aromatic rings. The fourth-order valence-corrected chi connectivity index (χ4v) is 1.84. The summed E-state index contributed by atoms with van der Waals surface area (Å²) < 4.78 is 0. The molecule has 3 heteroatoms. The molecule has 0 bridgehead atoms. The van der Waals surface area contributed by atoms with Gasteiger partial charge in [0.05, 0.1) is 0 Å². The van der Waals surface area contributed by atoms with Crippen LogP contribution in [0.5, 0.6) is 0 Å². The Morgan fingerprint density at radius 2 is 1.85 bits per heavy atom. The molecule has 1 aliphatic rings. The molecule has 0 heterocycles. The quantitative estimate of drug-likeness (QED) is 0.514. The van der Waals surface area contributed by atoms with E-state index >= 15 is 0 Å². The molecule has 0 aliphatic heterocycles. The number of nitro groups is 1. The lowest BCUT2D eigenvalue weighted by molar-refractivity contribution is -0.596. The van der Waals surface area contributed by atoms with Gasteiger partial charge in [0, 0.05) is 23.3 Å². The van der Waals surface area contributed by atoms with Crippen LogP contribution >= 0.6 is 0 Å². The minimum Gasteiger partial charge on any atom is -0.264 e. The first-order valence-electron chi connectivity index (χ1n) is 4.46. The third kappa shape index (κ3) is 1.11. The molecule has 68 valence electrons. The number of rotatable bonds is 2. The van der Waals surface area contributed by atoms with Gasteiger partial charge < -0.3 is 0 Å². The molecule has 1 fully saturated rings. The van der Waals surface area contributed by atoms with Crippen molar-refractivity contribution in [1.29, 1.82) is 0 Å². The Morgan fingerprint density at radius 3 is 2.23 bits per heavy atom. The molecule has 13 heavy (non-hydrogen) atoms. The van der Waals surface area contributed by atoms with E-state index in [2.05, 4.69) is 0 Å². The predicted octanol–water partition coefficient (Wildman–Crippen LogP) is 2.34. The van der Waals surface area contributed by atoms with Crippen molar-refractivity contribution in [3.8, 4) is 0 Å². The standard InChI is InChI=1S/C10H11NO2/c12-11(13)10(7-4-8-10)9-5-2-1-3-6-9/h1-3,5-6H,4,7-8H2. The summed E-state index contributed by atoms with van der Waals surface area (Å²) in [5.74, 6) is 0. The van der Waals surface area contributed by atoms with E-state index in [4.69, 9.17) is 0 Å². The highest BCUT2D eigenvalue weighted by atomic mass is 16.6. The zero-order valence-corrected chi connectivity index (χ0v) is 7.27. The lowest BCUT2D eigenvalue weighted by Crippen LogP contribution is -2.41. The highest BCUT2D eigenvalue weighted by Gasteiger charge is 2.50. The summed E-state index contributed by atoms with van der Waals surface area (Å²) in [6.45, 7) is 0. The van der Waals surface area contributed by atoms with Crippen LogP contribution in [0.1, 0.15) is 24.8 Å². The van der Waals surface area contributed by atoms with E-state index in [0.29, 0.717) is 12.8 Å². The molecule has 0 aromatic heterocycles. The van der Waals surface area contributed by atoms with Crippen LogP contribution in [-0.4, -0.2) is 4.92 Å². The average molecular weight is 177 g/mol. The summed E-state index contributed by atoms with van der Waals surface area (Å²) in [5, 5.41) is 10.9. The summed E-state index contributed by atoms with van der Waals surface area (Å²) in [6.07, 6.45) is 2.34. The van der Waals surface area contributed by atoms with Crippen molar-refractivity contribution in [2.75, 3.05) is 0 Å². The molecule has 0 radical (unpaired) electrons. The van der Waals surface area contributed by atoms with Crippen molar-refractivity contribution < 1.29 is 4.92 Å². The van der Waals surface area contributed by atoms with Crippen LogP contribution < -0.4 is 0 Å². The lowest BCUT2D eigenvalue weighted by atomic mass is 9.72. The minimum absolute atomic E-state index is 0.133. The molecular weight excluding hydrogens is 166 g/mol. The SMILES string of the molecule is O=[N+]([O-])C1(c2ccccc2)CCC1. The lowest BCUT2D eigenvalue weighted by Gasteiger charge is -2.33. The Balaban J connectivity index is 2.38. The van der Waals surface area contributed by atoms with Gasteiger partial charge in [-0.1, -0.05) is 30.3 Å². The van der Waals surface area contributed by atoms with Gasteiger partial charge in [0.25, 0.3) is 0 Å². The number of nitrogens with zero attached hydrogens (tertiary/aromatic N) is 1. The summed E-state index contributed by atoms with van der Waals surface area (Å²) in [7, 11) is 0. The Bertz CT molecular complexity index is 317. The van der Waals surface area contributed by atoms with Gasteiger partial charge in [0.15, 0.2) is 0 Å². The van der Waals surface area contributed by atoms with E-state index in [1.807, 2.05) is 30.3 Å². The number of benzene rings is 1. The fraction of sp³-hybridized carbons (Fsp3) is 0.400. The van der Waals surface area contributed by atoms with Crippen LogP contribution in [0.4, 0.5) is 0 Å². The smallest absolute Gasteiger partial charge is 0.247 e. The molecular formula is C10H11NO2. The second-order valence-corrected chi connectivity index (χ2v) is 3.51. The van der Waals surface area contributed by atoms with Crippen LogP contribution in [0.2, 0.25) is 0 Å². The Hall–Kier alpha value is -1.38. The van der Waals surface area contributed by atoms with E-state index in [0.717, 1.165) is 12.0 Å². The first-order chi connectivity index (χ1) is 6.26. The zero-order valence-electron chi connectivity index (χ0n) is 7.27. The van der Waals surface area contributed by atoms with Crippen molar-refractivity contribution in [1.82, 2.24) is 0 Å². The molecule has 0 spiro atoms. The second kappa shape index (κ2) is 2.83. The Morgan fingerprint density at radius 1 is 1.23 bits per heavy atom. The maximum atomic E-state index is 10.9. The highest BCUT2D eigenvalue weighted by molar-refractivity contribution is 5.24. The maximum Gasteiger partial charge on any atom is 0.247 e. The summed E-state index contributed by atoms with van der Waals surface area (Å²) >= 11 is 0. The number of hydrogen-bond donors (Lipinski definition) is 0. The summed E-state index contributed by atoms with van der Waals surface area (Å²) in [5.41, 5.74) is 0.0904. The largest absolute Gasteiger partial charge is 0.264 e. The van der Waals surface area contributed by atoms with Crippen molar-refractivity contribution in [2.45, 2.75) is 24.8 Å². The van der Waals surface area contributed by atoms with E-state index < -0.39 is 5.54 Å². The van der Waals surface area contributed by atoms with E-state index in [1.165, 1.54) is 0 Å². The van der Waals surface area contributed by atoms with Crippen LogP contribution in [0.25, 0.3) is 0 Å². The summed E-state index contributed by atoms with van der Waals surface area (Å²) in [6, 6.07) is 9.30. The van der Waals surface area contributed by atoms with E-state index in [1.54, 1.807) is 0 Å². The Labute approximate surface area is 76.5 Å².